The average Bonchev–Trinajstić information content (AvgIpc) is 3.41. The molecule has 0 heterocycles. The molecule has 0 aliphatic rings. The van der Waals surface area contributed by atoms with Crippen LogP contribution in [-0.2, 0) is 65.4 Å². The van der Waals surface area contributed by atoms with Gasteiger partial charge in [-0.1, -0.05) is 312 Å². The van der Waals surface area contributed by atoms with Crippen molar-refractivity contribution in [2.45, 2.75) is 382 Å². The summed E-state index contributed by atoms with van der Waals surface area (Å²) in [5.41, 5.74) is 0. The third kappa shape index (κ3) is 66.7. The zero-order chi connectivity index (χ0) is 68.2. The van der Waals surface area contributed by atoms with Crippen LogP contribution in [0.1, 0.15) is 364 Å². The minimum atomic E-state index is -4.96. The highest BCUT2D eigenvalue weighted by molar-refractivity contribution is 7.47. The maximum atomic E-state index is 13.1. The Labute approximate surface area is 562 Å². The third-order valence-electron chi connectivity index (χ3n) is 16.8. The number of esters is 4. The van der Waals surface area contributed by atoms with Crippen molar-refractivity contribution in [3.05, 3.63) is 0 Å². The van der Waals surface area contributed by atoms with Crippen molar-refractivity contribution in [3.8, 4) is 0 Å². The van der Waals surface area contributed by atoms with Gasteiger partial charge in [0, 0.05) is 25.7 Å². The first kappa shape index (κ1) is 90.1. The molecule has 0 aromatic heterocycles. The lowest BCUT2D eigenvalue weighted by atomic mass is 10.0. The Kier molecular flexibility index (Phi) is 61.3. The SMILES string of the molecule is CC(C)CCCCCCCCCCCCCCCC(=O)O[C@H](COC(=O)CCCCCCCCCCCCC(C)C)COP(=O)(O)OCC(O)COP(=O)(O)OC[C@@H](COC(=O)CCCCCCCCCCC(C)C)OC(=O)CCCCCCCCCCCC(C)C. The zero-order valence-corrected chi connectivity index (χ0v) is 62.0. The molecule has 0 saturated carbocycles. The van der Waals surface area contributed by atoms with E-state index < -0.39 is 97.5 Å². The molecule has 0 aromatic rings. The minimum absolute atomic E-state index is 0.104. The van der Waals surface area contributed by atoms with Gasteiger partial charge in [0.2, 0.25) is 0 Å². The van der Waals surface area contributed by atoms with Gasteiger partial charge in [-0.3, -0.25) is 37.3 Å². The standard InChI is InChI=1S/C73H142O17P2/c1-63(2)49-41-33-25-17-12-10-9-11-13-21-31-39-47-55-72(77)89-68(59-83-70(75)53-45-37-29-20-15-14-18-26-34-42-50-64(3)4)61-87-91(79,80)85-57-67(74)58-86-92(81,82)88-62-69(60-84-71(76)54-46-38-30-24-23-28-36-44-52-66(7)8)90-73(78)56-48-40-32-22-16-19-27-35-43-51-65(5)6/h63-69,74H,9-62H2,1-8H3,(H,79,80)(H,81,82)/t67?,68-,69-/m1/s1. The molecular weight excluding hydrogens is 1210 g/mol. The fourth-order valence-electron chi connectivity index (χ4n) is 11.0. The summed E-state index contributed by atoms with van der Waals surface area (Å²) < 4.78 is 68.4. The predicted molar refractivity (Wildman–Crippen MR) is 372 cm³/mol. The maximum Gasteiger partial charge on any atom is 0.472 e. The number of aliphatic hydroxyl groups excluding tert-OH is 1. The molecule has 92 heavy (non-hydrogen) atoms. The first-order valence-electron chi connectivity index (χ1n) is 37.7. The van der Waals surface area contributed by atoms with Gasteiger partial charge in [0.1, 0.15) is 19.3 Å². The summed E-state index contributed by atoms with van der Waals surface area (Å²) >= 11 is 0. The summed E-state index contributed by atoms with van der Waals surface area (Å²) in [6, 6.07) is 0. The molecule has 0 aliphatic carbocycles. The van der Waals surface area contributed by atoms with Crippen LogP contribution in [0, 0.1) is 23.7 Å². The van der Waals surface area contributed by atoms with Crippen molar-refractivity contribution >= 4 is 39.5 Å². The number of phosphoric ester groups is 2. The summed E-state index contributed by atoms with van der Waals surface area (Å²) in [7, 11) is -9.91. The lowest BCUT2D eigenvalue weighted by molar-refractivity contribution is -0.161. The predicted octanol–water partition coefficient (Wildman–Crippen LogP) is 20.9. The van der Waals surface area contributed by atoms with Gasteiger partial charge in [0.05, 0.1) is 26.4 Å². The van der Waals surface area contributed by atoms with Crippen molar-refractivity contribution in [2.75, 3.05) is 39.6 Å². The second-order valence-electron chi connectivity index (χ2n) is 28.2. The highest BCUT2D eigenvalue weighted by Crippen LogP contribution is 2.45. The number of ether oxygens (including phenoxy) is 4. The van der Waals surface area contributed by atoms with Gasteiger partial charge >= 0.3 is 39.5 Å². The van der Waals surface area contributed by atoms with E-state index >= 15 is 0 Å². The summed E-state index contributed by atoms with van der Waals surface area (Å²) in [5.74, 6) is 0.883. The number of unbranched alkanes of at least 4 members (excludes halogenated alkanes) is 36. The Morgan fingerprint density at radius 2 is 0.457 bits per heavy atom. The first-order chi connectivity index (χ1) is 44.1. The quantitative estimate of drug-likeness (QED) is 0.0222. The van der Waals surface area contributed by atoms with Crippen LogP contribution in [0.2, 0.25) is 0 Å². The second-order valence-corrected chi connectivity index (χ2v) is 31.1. The molecule has 0 saturated heterocycles. The largest absolute Gasteiger partial charge is 0.472 e. The van der Waals surface area contributed by atoms with E-state index in [4.69, 9.17) is 37.0 Å². The van der Waals surface area contributed by atoms with E-state index in [1.807, 2.05) is 0 Å². The van der Waals surface area contributed by atoms with E-state index in [9.17, 15) is 43.2 Å². The molecule has 3 unspecified atom stereocenters. The number of carbonyl (C=O) groups is 4. The van der Waals surface area contributed by atoms with Crippen LogP contribution in [-0.4, -0.2) is 96.7 Å². The summed E-state index contributed by atoms with van der Waals surface area (Å²) in [6.07, 6.45) is 45.8. The Hall–Kier alpha value is -1.94. The monoisotopic (exact) mass is 1350 g/mol. The summed E-state index contributed by atoms with van der Waals surface area (Å²) in [6.45, 7) is 14.1. The van der Waals surface area contributed by atoms with Gasteiger partial charge < -0.3 is 33.8 Å². The molecule has 0 aliphatic heterocycles. The fourth-order valence-corrected chi connectivity index (χ4v) is 12.6. The smallest absolute Gasteiger partial charge is 0.462 e. The van der Waals surface area contributed by atoms with Crippen molar-refractivity contribution in [3.63, 3.8) is 0 Å². The zero-order valence-electron chi connectivity index (χ0n) is 60.2. The highest BCUT2D eigenvalue weighted by Gasteiger charge is 2.30. The van der Waals surface area contributed by atoms with Gasteiger partial charge in [-0.25, -0.2) is 9.13 Å². The highest BCUT2D eigenvalue weighted by atomic mass is 31.2. The average molecular weight is 1350 g/mol. The van der Waals surface area contributed by atoms with E-state index in [0.717, 1.165) is 114 Å². The molecule has 5 atom stereocenters. The first-order valence-corrected chi connectivity index (χ1v) is 40.7. The normalized spacial score (nSPS) is 14.2. The number of rotatable bonds is 70. The molecule has 19 heteroatoms. The lowest BCUT2D eigenvalue weighted by Gasteiger charge is -2.21. The Morgan fingerprint density at radius 1 is 0.272 bits per heavy atom. The molecule has 0 spiro atoms. The van der Waals surface area contributed by atoms with E-state index in [1.54, 1.807) is 0 Å². The van der Waals surface area contributed by atoms with Gasteiger partial charge in [0.25, 0.3) is 0 Å². The van der Waals surface area contributed by atoms with Crippen LogP contribution < -0.4 is 0 Å². The van der Waals surface area contributed by atoms with Crippen molar-refractivity contribution in [1.29, 1.82) is 0 Å². The molecule has 0 aromatic carbocycles. The molecule has 0 bridgehead atoms. The number of carbonyl (C=O) groups excluding carboxylic acids is 4. The summed E-state index contributed by atoms with van der Waals surface area (Å²) in [5, 5.41) is 10.6. The molecule has 0 radical (unpaired) electrons. The van der Waals surface area contributed by atoms with E-state index in [0.29, 0.717) is 25.7 Å². The van der Waals surface area contributed by atoms with Gasteiger partial charge in [0.15, 0.2) is 12.2 Å². The van der Waals surface area contributed by atoms with Crippen molar-refractivity contribution in [2.24, 2.45) is 23.7 Å². The fraction of sp³-hybridized carbons (Fsp3) is 0.945. The Balaban J connectivity index is 5.26. The number of hydrogen-bond acceptors (Lipinski definition) is 15. The minimum Gasteiger partial charge on any atom is -0.462 e. The number of aliphatic hydroxyl groups is 1. The third-order valence-corrected chi connectivity index (χ3v) is 18.7. The van der Waals surface area contributed by atoms with Crippen LogP contribution in [0.5, 0.6) is 0 Å². The van der Waals surface area contributed by atoms with Crippen molar-refractivity contribution in [1.82, 2.24) is 0 Å². The van der Waals surface area contributed by atoms with Gasteiger partial charge in [-0.05, 0) is 49.4 Å². The topological polar surface area (TPSA) is 237 Å². The lowest BCUT2D eigenvalue weighted by Crippen LogP contribution is -2.30. The van der Waals surface area contributed by atoms with Crippen LogP contribution in [0.15, 0.2) is 0 Å². The molecule has 546 valence electrons. The van der Waals surface area contributed by atoms with E-state index in [-0.39, 0.29) is 25.7 Å². The van der Waals surface area contributed by atoms with Crippen molar-refractivity contribution < 1.29 is 80.2 Å². The van der Waals surface area contributed by atoms with Crippen LogP contribution in [0.4, 0.5) is 0 Å². The molecule has 0 fully saturated rings. The van der Waals surface area contributed by atoms with Crippen LogP contribution >= 0.6 is 15.6 Å². The second kappa shape index (κ2) is 62.6. The van der Waals surface area contributed by atoms with Crippen LogP contribution in [0.25, 0.3) is 0 Å². The number of hydrogen-bond donors (Lipinski definition) is 3. The van der Waals surface area contributed by atoms with E-state index in [1.165, 1.54) is 167 Å². The van der Waals surface area contributed by atoms with Gasteiger partial charge in [-0.15, -0.1) is 0 Å². The van der Waals surface area contributed by atoms with E-state index in [2.05, 4.69) is 55.4 Å². The Morgan fingerprint density at radius 3 is 0.674 bits per heavy atom. The molecule has 17 nitrogen and oxygen atoms in total. The van der Waals surface area contributed by atoms with Gasteiger partial charge in [-0.2, -0.15) is 0 Å². The maximum absolute atomic E-state index is 13.1. The molecule has 3 N–H and O–H groups in total. The Bertz CT molecular complexity index is 1820. The molecular formula is C73H142O17P2. The molecule has 0 amide bonds. The summed E-state index contributed by atoms with van der Waals surface area (Å²) in [4.78, 5) is 72.7. The number of phosphoric acid groups is 2. The van der Waals surface area contributed by atoms with Crippen LogP contribution in [0.3, 0.4) is 0 Å². The molecule has 0 rings (SSSR count).